The Kier molecular flexibility index (Phi) is 6.87. The van der Waals surface area contributed by atoms with Gasteiger partial charge < -0.3 is 9.64 Å². The summed E-state index contributed by atoms with van der Waals surface area (Å²) in [6.07, 6.45) is 3.16. The third-order valence-corrected chi connectivity index (χ3v) is 8.44. The number of sulfonamides is 1. The number of nitrogens with zero attached hydrogens (tertiary/aromatic N) is 3. The van der Waals surface area contributed by atoms with Crippen LogP contribution in [0.3, 0.4) is 0 Å². The highest BCUT2D eigenvalue weighted by molar-refractivity contribution is 7.91. The average molecular weight is 412 g/mol. The molecule has 9 heteroatoms. The van der Waals surface area contributed by atoms with E-state index in [2.05, 4.69) is 6.07 Å². The molecule has 1 atom stereocenters. The summed E-state index contributed by atoms with van der Waals surface area (Å²) in [4.78, 5) is 15.0. The van der Waals surface area contributed by atoms with Crippen LogP contribution in [0.4, 0.5) is 0 Å². The van der Waals surface area contributed by atoms with Crippen LogP contribution in [0.1, 0.15) is 32.1 Å². The van der Waals surface area contributed by atoms with Crippen LogP contribution in [-0.4, -0.2) is 62.4 Å². The van der Waals surface area contributed by atoms with E-state index in [-0.39, 0.29) is 30.8 Å². The second-order valence-electron chi connectivity index (χ2n) is 6.92. The predicted molar refractivity (Wildman–Crippen MR) is 102 cm³/mol. The first-order chi connectivity index (χ1) is 13.0. The highest BCUT2D eigenvalue weighted by atomic mass is 32.2. The molecular weight excluding hydrogens is 386 g/mol. The normalized spacial score (nSPS) is 22.3. The lowest BCUT2D eigenvalue weighted by molar-refractivity contribution is -0.141. The largest absolute Gasteiger partial charge is 0.381 e. The Balaban J connectivity index is 1.73. The second kappa shape index (κ2) is 9.15. The first kappa shape index (κ1) is 20.3. The molecule has 0 saturated carbocycles. The van der Waals surface area contributed by atoms with Crippen LogP contribution in [0, 0.1) is 17.2 Å². The summed E-state index contributed by atoms with van der Waals surface area (Å²) in [5.74, 6) is -0.377. The van der Waals surface area contributed by atoms with Crippen molar-refractivity contribution in [2.75, 3.05) is 32.8 Å². The van der Waals surface area contributed by atoms with Crippen molar-refractivity contribution in [2.45, 2.75) is 42.4 Å². The van der Waals surface area contributed by atoms with Gasteiger partial charge in [0.25, 0.3) is 10.0 Å². The lowest BCUT2D eigenvalue weighted by Crippen LogP contribution is -2.50. The quantitative estimate of drug-likeness (QED) is 0.715. The monoisotopic (exact) mass is 411 g/mol. The van der Waals surface area contributed by atoms with E-state index in [0.29, 0.717) is 43.4 Å². The van der Waals surface area contributed by atoms with Crippen molar-refractivity contribution in [3.8, 4) is 6.07 Å². The maximum atomic E-state index is 13.2. The summed E-state index contributed by atoms with van der Waals surface area (Å²) in [7, 11) is -3.54. The van der Waals surface area contributed by atoms with E-state index in [9.17, 15) is 13.2 Å². The third kappa shape index (κ3) is 4.69. The molecule has 2 aliphatic heterocycles. The van der Waals surface area contributed by atoms with Gasteiger partial charge in [0.05, 0.1) is 18.4 Å². The number of hydrogen-bond acceptors (Lipinski definition) is 6. The molecule has 0 aromatic carbocycles. The molecule has 0 bridgehead atoms. The van der Waals surface area contributed by atoms with Crippen molar-refractivity contribution in [3.63, 3.8) is 0 Å². The van der Waals surface area contributed by atoms with E-state index in [1.54, 1.807) is 22.4 Å². The summed E-state index contributed by atoms with van der Waals surface area (Å²) in [6.45, 7) is 2.29. The minimum absolute atomic E-state index is 0.0248. The van der Waals surface area contributed by atoms with Gasteiger partial charge in [-0.1, -0.05) is 6.07 Å². The zero-order chi connectivity index (χ0) is 19.3. The Morgan fingerprint density at radius 2 is 2.15 bits per heavy atom. The van der Waals surface area contributed by atoms with Crippen molar-refractivity contribution in [2.24, 2.45) is 5.92 Å². The summed E-state index contributed by atoms with van der Waals surface area (Å²) in [6, 6.07) is 5.51. The van der Waals surface area contributed by atoms with Crippen LogP contribution >= 0.6 is 11.3 Å². The Morgan fingerprint density at radius 1 is 1.37 bits per heavy atom. The average Bonchev–Trinajstić information content (AvgIpc) is 3.25. The molecule has 0 N–H and O–H groups in total. The fraction of sp³-hybridized carbons (Fsp3) is 0.667. The number of thiophene rings is 1. The molecular formula is C18H25N3O4S2. The van der Waals surface area contributed by atoms with Gasteiger partial charge in [-0.25, -0.2) is 8.42 Å². The lowest BCUT2D eigenvalue weighted by atomic mass is 9.96. The summed E-state index contributed by atoms with van der Waals surface area (Å²) in [5.41, 5.74) is 0. The second-order valence-corrected chi connectivity index (χ2v) is 10.0. The zero-order valence-corrected chi connectivity index (χ0v) is 16.9. The number of rotatable bonds is 6. The first-order valence-electron chi connectivity index (χ1n) is 9.33. The Hall–Kier alpha value is -1.47. The van der Waals surface area contributed by atoms with Gasteiger partial charge in [-0.15, -0.1) is 11.3 Å². The predicted octanol–water partition coefficient (Wildman–Crippen LogP) is 2.07. The van der Waals surface area contributed by atoms with Gasteiger partial charge in [-0.2, -0.15) is 9.57 Å². The Labute approximate surface area is 164 Å². The van der Waals surface area contributed by atoms with Crippen LogP contribution in [0.25, 0.3) is 0 Å². The SMILES string of the molecule is N#CCCN(C(=O)C1CCCN(S(=O)(=O)c2cccs2)C1)C1CCOCC1. The first-order valence-corrected chi connectivity index (χ1v) is 11.6. The maximum Gasteiger partial charge on any atom is 0.252 e. The van der Waals surface area contributed by atoms with Crippen LogP contribution in [-0.2, 0) is 19.6 Å². The molecule has 148 valence electrons. The van der Waals surface area contributed by atoms with Crippen molar-refractivity contribution < 1.29 is 17.9 Å². The standard InChI is InChI=1S/C18H25N3O4S2/c19-8-3-10-21(16-6-11-25-12-7-16)18(22)15-4-1-9-20(14-15)27(23,24)17-5-2-13-26-17/h2,5,13,15-16H,1,3-4,6-7,9-12,14H2. The van der Waals surface area contributed by atoms with Gasteiger partial charge in [-0.05, 0) is 37.1 Å². The molecule has 1 aromatic heterocycles. The molecule has 2 aliphatic rings. The zero-order valence-electron chi connectivity index (χ0n) is 15.2. The molecule has 1 unspecified atom stereocenters. The smallest absolute Gasteiger partial charge is 0.252 e. The lowest BCUT2D eigenvalue weighted by Gasteiger charge is -2.38. The highest BCUT2D eigenvalue weighted by Crippen LogP contribution is 2.28. The summed E-state index contributed by atoms with van der Waals surface area (Å²) in [5, 5.41) is 10.7. The van der Waals surface area contributed by atoms with Crippen LogP contribution < -0.4 is 0 Å². The minimum Gasteiger partial charge on any atom is -0.381 e. The van der Waals surface area contributed by atoms with E-state index >= 15 is 0 Å². The van der Waals surface area contributed by atoms with Gasteiger partial charge in [0, 0.05) is 38.9 Å². The number of amides is 1. The fourth-order valence-electron chi connectivity index (χ4n) is 3.77. The van der Waals surface area contributed by atoms with Gasteiger partial charge in [-0.3, -0.25) is 4.79 Å². The molecule has 1 amide bonds. The molecule has 7 nitrogen and oxygen atoms in total. The molecule has 0 radical (unpaired) electrons. The number of hydrogen-bond donors (Lipinski definition) is 0. The van der Waals surface area contributed by atoms with E-state index in [0.717, 1.165) is 12.8 Å². The molecule has 2 fully saturated rings. The van der Waals surface area contributed by atoms with E-state index < -0.39 is 10.0 Å². The van der Waals surface area contributed by atoms with E-state index in [4.69, 9.17) is 10.00 Å². The maximum absolute atomic E-state index is 13.2. The van der Waals surface area contributed by atoms with Crippen molar-refractivity contribution in [1.29, 1.82) is 5.26 Å². The van der Waals surface area contributed by atoms with Crippen molar-refractivity contribution >= 4 is 27.3 Å². The van der Waals surface area contributed by atoms with Gasteiger partial charge in [0.15, 0.2) is 0 Å². The number of ether oxygens (including phenoxy) is 1. The van der Waals surface area contributed by atoms with E-state index in [1.807, 2.05) is 0 Å². The van der Waals surface area contributed by atoms with Gasteiger partial charge in [0.2, 0.25) is 5.91 Å². The van der Waals surface area contributed by atoms with Gasteiger partial charge in [0.1, 0.15) is 4.21 Å². The van der Waals surface area contributed by atoms with Crippen LogP contribution in [0.2, 0.25) is 0 Å². The van der Waals surface area contributed by atoms with Crippen molar-refractivity contribution in [1.82, 2.24) is 9.21 Å². The minimum atomic E-state index is -3.54. The summed E-state index contributed by atoms with van der Waals surface area (Å²) < 4.78 is 32.8. The van der Waals surface area contributed by atoms with E-state index in [1.165, 1.54) is 15.6 Å². The fourth-order valence-corrected chi connectivity index (χ4v) is 6.44. The topological polar surface area (TPSA) is 90.7 Å². The van der Waals surface area contributed by atoms with Gasteiger partial charge >= 0.3 is 0 Å². The molecule has 3 heterocycles. The molecule has 2 saturated heterocycles. The third-order valence-electron chi connectivity index (χ3n) is 5.20. The molecule has 0 aliphatic carbocycles. The molecule has 27 heavy (non-hydrogen) atoms. The number of nitriles is 1. The number of carbonyl (C=O) groups excluding carboxylic acids is 1. The number of carbonyl (C=O) groups is 1. The van der Waals surface area contributed by atoms with Crippen molar-refractivity contribution in [3.05, 3.63) is 17.5 Å². The Bertz CT molecular complexity index is 767. The Morgan fingerprint density at radius 3 is 2.81 bits per heavy atom. The highest BCUT2D eigenvalue weighted by Gasteiger charge is 2.37. The molecule has 1 aromatic rings. The molecule has 3 rings (SSSR count). The van der Waals surface area contributed by atoms with Crippen LogP contribution in [0.15, 0.2) is 21.7 Å². The molecule has 0 spiro atoms. The number of piperidine rings is 1. The van der Waals surface area contributed by atoms with Crippen LogP contribution in [0.5, 0.6) is 0 Å². The summed E-state index contributed by atoms with van der Waals surface area (Å²) >= 11 is 1.20.